The Morgan fingerprint density at radius 1 is 1.19 bits per heavy atom. The maximum atomic E-state index is 12.4. The van der Waals surface area contributed by atoms with Crippen LogP contribution in [0.4, 0.5) is 5.69 Å². The fourth-order valence-electron chi connectivity index (χ4n) is 2.90. The third kappa shape index (κ3) is 6.93. The average molecular weight is 397 g/mol. The minimum absolute atomic E-state index is 0.00421. The highest BCUT2D eigenvalue weighted by molar-refractivity contribution is 7.89. The zero-order valence-electron chi connectivity index (χ0n) is 15.8. The lowest BCUT2D eigenvalue weighted by molar-refractivity contribution is -0.123. The Morgan fingerprint density at radius 2 is 1.78 bits per heavy atom. The molecule has 0 aromatic heterocycles. The molecule has 0 aliphatic carbocycles. The first kappa shape index (κ1) is 21.3. The van der Waals surface area contributed by atoms with Crippen LogP contribution in [0.1, 0.15) is 26.7 Å². The van der Waals surface area contributed by atoms with Crippen LogP contribution >= 0.6 is 0 Å². The first-order valence-corrected chi connectivity index (χ1v) is 10.6. The number of rotatable bonds is 7. The normalized spacial score (nSPS) is 16.3. The van der Waals surface area contributed by atoms with Gasteiger partial charge < -0.3 is 10.6 Å². The number of primary sulfonamides is 1. The lowest BCUT2D eigenvalue weighted by Gasteiger charge is -2.30. The van der Waals surface area contributed by atoms with Crippen LogP contribution in [-0.2, 0) is 19.6 Å². The van der Waals surface area contributed by atoms with Crippen LogP contribution in [0, 0.1) is 11.8 Å². The van der Waals surface area contributed by atoms with E-state index in [0.717, 1.165) is 0 Å². The number of piperidine rings is 1. The van der Waals surface area contributed by atoms with Crippen LogP contribution in [0.25, 0.3) is 0 Å². The van der Waals surface area contributed by atoms with Crippen molar-refractivity contribution in [3.63, 3.8) is 0 Å². The van der Waals surface area contributed by atoms with Gasteiger partial charge in [0.15, 0.2) is 0 Å². The molecule has 1 aliphatic heterocycles. The summed E-state index contributed by atoms with van der Waals surface area (Å²) in [5, 5.41) is 10.8. The van der Waals surface area contributed by atoms with Crippen LogP contribution in [0.2, 0.25) is 0 Å². The van der Waals surface area contributed by atoms with Gasteiger partial charge in [-0.3, -0.25) is 14.5 Å². The standard InChI is InChI=1S/C18H28N4O4S/c1-13(2)11-20-17(23)12-22-9-7-14(8-10-22)18(24)21-15-3-5-16(6-4-15)27(19,25)26/h3-6,13-14H,7-12H2,1-2H3,(H,20,23)(H,21,24)(H2,19,25,26). The largest absolute Gasteiger partial charge is 0.355 e. The van der Waals surface area contributed by atoms with Crippen molar-refractivity contribution in [2.24, 2.45) is 17.0 Å². The van der Waals surface area contributed by atoms with Gasteiger partial charge in [-0.05, 0) is 56.1 Å². The van der Waals surface area contributed by atoms with E-state index in [-0.39, 0.29) is 22.6 Å². The fraction of sp³-hybridized carbons (Fsp3) is 0.556. The number of amides is 2. The summed E-state index contributed by atoms with van der Waals surface area (Å²) in [4.78, 5) is 26.4. The topological polar surface area (TPSA) is 122 Å². The van der Waals surface area contributed by atoms with Crippen LogP contribution in [0.5, 0.6) is 0 Å². The maximum Gasteiger partial charge on any atom is 0.238 e. The third-order valence-electron chi connectivity index (χ3n) is 4.48. The van der Waals surface area contributed by atoms with Gasteiger partial charge in [0.2, 0.25) is 21.8 Å². The number of hydrogen-bond acceptors (Lipinski definition) is 5. The molecule has 0 spiro atoms. The van der Waals surface area contributed by atoms with Crippen molar-refractivity contribution in [3.05, 3.63) is 24.3 Å². The van der Waals surface area contributed by atoms with Crippen molar-refractivity contribution < 1.29 is 18.0 Å². The second-order valence-corrected chi connectivity index (χ2v) is 8.87. The molecule has 1 aliphatic rings. The molecule has 8 nitrogen and oxygen atoms in total. The zero-order valence-corrected chi connectivity index (χ0v) is 16.6. The first-order chi connectivity index (χ1) is 12.6. The molecule has 0 radical (unpaired) electrons. The molecule has 4 N–H and O–H groups in total. The predicted molar refractivity (Wildman–Crippen MR) is 103 cm³/mol. The number of nitrogens with two attached hydrogens (primary N) is 1. The number of carbonyl (C=O) groups is 2. The van der Waals surface area contributed by atoms with E-state index in [4.69, 9.17) is 5.14 Å². The number of nitrogens with zero attached hydrogens (tertiary/aromatic N) is 1. The number of carbonyl (C=O) groups excluding carboxylic acids is 2. The van der Waals surface area contributed by atoms with E-state index >= 15 is 0 Å². The molecular formula is C18H28N4O4S. The number of benzene rings is 1. The van der Waals surface area contributed by atoms with Crippen molar-refractivity contribution >= 4 is 27.5 Å². The molecule has 2 rings (SSSR count). The second kappa shape index (κ2) is 9.29. The summed E-state index contributed by atoms with van der Waals surface area (Å²) in [6.07, 6.45) is 1.36. The third-order valence-corrected chi connectivity index (χ3v) is 5.41. The highest BCUT2D eigenvalue weighted by Gasteiger charge is 2.26. The molecule has 1 fully saturated rings. The predicted octanol–water partition coefficient (Wildman–Crippen LogP) is 0.757. The minimum Gasteiger partial charge on any atom is -0.355 e. The van der Waals surface area contributed by atoms with Crippen molar-refractivity contribution in [1.82, 2.24) is 10.2 Å². The van der Waals surface area contributed by atoms with Crippen molar-refractivity contribution in [1.29, 1.82) is 0 Å². The Hall–Kier alpha value is -1.97. The lowest BCUT2D eigenvalue weighted by atomic mass is 9.96. The molecule has 150 valence electrons. The number of anilines is 1. The van der Waals surface area contributed by atoms with Gasteiger partial charge in [-0.2, -0.15) is 0 Å². The quantitative estimate of drug-likeness (QED) is 0.628. The molecular weight excluding hydrogens is 368 g/mol. The van der Waals surface area contributed by atoms with E-state index in [0.29, 0.717) is 50.6 Å². The summed E-state index contributed by atoms with van der Waals surface area (Å²) in [7, 11) is -3.74. The van der Waals surface area contributed by atoms with Crippen LogP contribution < -0.4 is 15.8 Å². The summed E-state index contributed by atoms with van der Waals surface area (Å²) < 4.78 is 22.5. The average Bonchev–Trinajstić information content (AvgIpc) is 2.60. The zero-order chi connectivity index (χ0) is 20.0. The molecule has 0 unspecified atom stereocenters. The van der Waals surface area contributed by atoms with Gasteiger partial charge in [-0.15, -0.1) is 0 Å². The summed E-state index contributed by atoms with van der Waals surface area (Å²) in [6, 6.07) is 5.77. The lowest BCUT2D eigenvalue weighted by Crippen LogP contribution is -2.44. The van der Waals surface area contributed by atoms with Gasteiger partial charge in [0.1, 0.15) is 0 Å². The van der Waals surface area contributed by atoms with E-state index in [1.54, 1.807) is 0 Å². The molecule has 0 bridgehead atoms. The molecule has 2 amide bonds. The van der Waals surface area contributed by atoms with E-state index in [9.17, 15) is 18.0 Å². The maximum absolute atomic E-state index is 12.4. The van der Waals surface area contributed by atoms with E-state index in [1.807, 2.05) is 13.8 Å². The Morgan fingerprint density at radius 3 is 2.30 bits per heavy atom. The molecule has 0 saturated carbocycles. The van der Waals surface area contributed by atoms with E-state index in [2.05, 4.69) is 15.5 Å². The molecule has 1 aromatic carbocycles. The molecule has 9 heteroatoms. The Balaban J connectivity index is 1.78. The summed E-state index contributed by atoms with van der Waals surface area (Å²) in [5.74, 6) is 0.212. The van der Waals surface area contributed by atoms with Gasteiger partial charge in [0, 0.05) is 18.2 Å². The minimum atomic E-state index is -3.74. The molecule has 1 saturated heterocycles. The molecule has 0 atom stereocenters. The SMILES string of the molecule is CC(C)CNC(=O)CN1CCC(C(=O)Nc2ccc(S(N)(=O)=O)cc2)CC1. The number of sulfonamides is 1. The Kier molecular flexibility index (Phi) is 7.34. The van der Waals surface area contributed by atoms with Gasteiger partial charge in [0.25, 0.3) is 0 Å². The van der Waals surface area contributed by atoms with E-state index < -0.39 is 10.0 Å². The van der Waals surface area contributed by atoms with Gasteiger partial charge in [-0.25, -0.2) is 13.6 Å². The number of hydrogen-bond donors (Lipinski definition) is 3. The number of nitrogens with one attached hydrogen (secondary N) is 2. The van der Waals surface area contributed by atoms with Crippen molar-refractivity contribution in [2.45, 2.75) is 31.6 Å². The molecule has 1 aromatic rings. The fourth-order valence-corrected chi connectivity index (χ4v) is 3.42. The van der Waals surface area contributed by atoms with Gasteiger partial charge in [0.05, 0.1) is 11.4 Å². The van der Waals surface area contributed by atoms with Crippen LogP contribution in [-0.4, -0.2) is 51.3 Å². The number of likely N-dealkylation sites (tertiary alicyclic amines) is 1. The summed E-state index contributed by atoms with van der Waals surface area (Å²) >= 11 is 0. The van der Waals surface area contributed by atoms with Crippen LogP contribution in [0.15, 0.2) is 29.2 Å². The van der Waals surface area contributed by atoms with Gasteiger partial charge in [-0.1, -0.05) is 13.8 Å². The van der Waals surface area contributed by atoms with Crippen molar-refractivity contribution in [2.75, 3.05) is 31.5 Å². The highest BCUT2D eigenvalue weighted by atomic mass is 32.2. The molecule has 1 heterocycles. The summed E-state index contributed by atoms with van der Waals surface area (Å²) in [5.41, 5.74) is 0.530. The Labute approximate surface area is 160 Å². The molecule has 27 heavy (non-hydrogen) atoms. The monoisotopic (exact) mass is 396 g/mol. The van der Waals surface area contributed by atoms with Crippen molar-refractivity contribution in [3.8, 4) is 0 Å². The summed E-state index contributed by atoms with van der Waals surface area (Å²) in [6.45, 7) is 6.51. The Bertz CT molecular complexity index is 754. The van der Waals surface area contributed by atoms with E-state index in [1.165, 1.54) is 24.3 Å². The smallest absolute Gasteiger partial charge is 0.238 e. The first-order valence-electron chi connectivity index (χ1n) is 9.08. The van der Waals surface area contributed by atoms with Gasteiger partial charge >= 0.3 is 0 Å². The second-order valence-electron chi connectivity index (χ2n) is 7.31. The van der Waals surface area contributed by atoms with Crippen LogP contribution in [0.3, 0.4) is 0 Å². The highest BCUT2D eigenvalue weighted by Crippen LogP contribution is 2.20.